The predicted molar refractivity (Wildman–Crippen MR) is 60.5 cm³/mol. The van der Waals surface area contributed by atoms with E-state index in [1.165, 1.54) is 38.6 Å². The molecule has 82 valence electrons. The summed E-state index contributed by atoms with van der Waals surface area (Å²) in [6.45, 7) is 6.07. The minimum atomic E-state index is 0.419. The van der Waals surface area contributed by atoms with Crippen LogP contribution in [-0.4, -0.2) is 36.1 Å². The van der Waals surface area contributed by atoms with Crippen molar-refractivity contribution in [2.24, 2.45) is 0 Å². The Hall–Kier alpha value is -0.0800. The van der Waals surface area contributed by atoms with Crippen LogP contribution in [-0.2, 0) is 0 Å². The lowest BCUT2D eigenvalue weighted by Gasteiger charge is -2.36. The van der Waals surface area contributed by atoms with Gasteiger partial charge in [-0.1, -0.05) is 12.8 Å². The van der Waals surface area contributed by atoms with Gasteiger partial charge in [0, 0.05) is 24.2 Å². The van der Waals surface area contributed by atoms with Crippen molar-refractivity contribution < 1.29 is 0 Å². The lowest BCUT2D eigenvalue weighted by molar-refractivity contribution is 0.117. The van der Waals surface area contributed by atoms with Gasteiger partial charge in [-0.2, -0.15) is 0 Å². The summed E-state index contributed by atoms with van der Waals surface area (Å²) in [4.78, 5) is 2.75. The van der Waals surface area contributed by atoms with E-state index in [2.05, 4.69) is 31.1 Å². The third-order valence-corrected chi connectivity index (χ3v) is 4.11. The molecule has 1 N–H and O–H groups in total. The van der Waals surface area contributed by atoms with Crippen LogP contribution in [0.3, 0.4) is 0 Å². The minimum absolute atomic E-state index is 0.419. The van der Waals surface area contributed by atoms with Gasteiger partial charge in [0.15, 0.2) is 0 Å². The van der Waals surface area contributed by atoms with Crippen LogP contribution < -0.4 is 5.32 Å². The van der Waals surface area contributed by atoms with Crippen molar-refractivity contribution in [1.29, 1.82) is 0 Å². The van der Waals surface area contributed by atoms with E-state index in [-0.39, 0.29) is 0 Å². The SMILES string of the molecule is CNC1CN(C2CCCC2)C(C)(C)C1. The van der Waals surface area contributed by atoms with Gasteiger partial charge in [0.05, 0.1) is 0 Å². The molecule has 2 nitrogen and oxygen atoms in total. The number of rotatable bonds is 2. The van der Waals surface area contributed by atoms with Gasteiger partial charge < -0.3 is 5.32 Å². The Morgan fingerprint density at radius 1 is 1.21 bits per heavy atom. The van der Waals surface area contributed by atoms with Gasteiger partial charge in [0.1, 0.15) is 0 Å². The Labute approximate surface area is 88.1 Å². The normalized spacial score (nSPS) is 34.1. The molecule has 0 bridgehead atoms. The Morgan fingerprint density at radius 2 is 1.86 bits per heavy atom. The predicted octanol–water partition coefficient (Wildman–Crippen LogP) is 2.00. The lowest BCUT2D eigenvalue weighted by Crippen LogP contribution is -2.44. The van der Waals surface area contributed by atoms with E-state index in [0.29, 0.717) is 11.6 Å². The van der Waals surface area contributed by atoms with Crippen LogP contribution >= 0.6 is 0 Å². The standard InChI is InChI=1S/C12H24N2/c1-12(2)8-10(13-3)9-14(12)11-6-4-5-7-11/h10-11,13H,4-9H2,1-3H3. The zero-order valence-electron chi connectivity index (χ0n) is 9.84. The van der Waals surface area contributed by atoms with E-state index in [1.54, 1.807) is 0 Å². The highest BCUT2D eigenvalue weighted by Crippen LogP contribution is 2.36. The van der Waals surface area contributed by atoms with Gasteiger partial charge >= 0.3 is 0 Å². The highest BCUT2D eigenvalue weighted by atomic mass is 15.3. The maximum Gasteiger partial charge on any atom is 0.0209 e. The zero-order valence-corrected chi connectivity index (χ0v) is 9.84. The molecule has 14 heavy (non-hydrogen) atoms. The Kier molecular flexibility index (Phi) is 2.85. The smallest absolute Gasteiger partial charge is 0.0209 e. The molecule has 2 heteroatoms. The van der Waals surface area contributed by atoms with Crippen LogP contribution in [0.2, 0.25) is 0 Å². The maximum absolute atomic E-state index is 3.43. The van der Waals surface area contributed by atoms with Crippen LogP contribution in [0.1, 0.15) is 46.0 Å². The van der Waals surface area contributed by atoms with Crippen molar-refractivity contribution >= 4 is 0 Å². The molecule has 0 spiro atoms. The number of hydrogen-bond acceptors (Lipinski definition) is 2. The molecular formula is C12H24N2. The number of likely N-dealkylation sites (N-methyl/N-ethyl adjacent to an activating group) is 1. The van der Waals surface area contributed by atoms with Crippen molar-refractivity contribution in [3.63, 3.8) is 0 Å². The van der Waals surface area contributed by atoms with Crippen molar-refractivity contribution in [2.45, 2.75) is 63.6 Å². The van der Waals surface area contributed by atoms with E-state index in [1.807, 2.05) is 0 Å². The fourth-order valence-electron chi connectivity index (χ4n) is 3.32. The third-order valence-electron chi connectivity index (χ3n) is 4.11. The second-order valence-electron chi connectivity index (χ2n) is 5.59. The number of likely N-dealkylation sites (tertiary alicyclic amines) is 1. The van der Waals surface area contributed by atoms with E-state index in [0.717, 1.165) is 6.04 Å². The second-order valence-corrected chi connectivity index (χ2v) is 5.59. The van der Waals surface area contributed by atoms with E-state index < -0.39 is 0 Å². The lowest BCUT2D eigenvalue weighted by atomic mass is 9.98. The summed E-state index contributed by atoms with van der Waals surface area (Å²) < 4.78 is 0. The van der Waals surface area contributed by atoms with Crippen LogP contribution in [0.15, 0.2) is 0 Å². The first-order valence-electron chi connectivity index (χ1n) is 6.07. The zero-order chi connectivity index (χ0) is 10.2. The highest BCUT2D eigenvalue weighted by Gasteiger charge is 2.41. The van der Waals surface area contributed by atoms with Crippen molar-refractivity contribution in [1.82, 2.24) is 10.2 Å². The number of nitrogens with one attached hydrogen (secondary N) is 1. The van der Waals surface area contributed by atoms with Gasteiger partial charge in [-0.25, -0.2) is 0 Å². The molecule has 0 aromatic rings. The molecule has 0 aromatic heterocycles. The summed E-state index contributed by atoms with van der Waals surface area (Å²) in [7, 11) is 2.10. The van der Waals surface area contributed by atoms with Crippen LogP contribution in [0.25, 0.3) is 0 Å². The molecule has 1 aliphatic heterocycles. The van der Waals surface area contributed by atoms with Gasteiger partial charge in [-0.15, -0.1) is 0 Å². The Balaban J connectivity index is 2.03. The van der Waals surface area contributed by atoms with Gasteiger partial charge in [0.25, 0.3) is 0 Å². The summed E-state index contributed by atoms with van der Waals surface area (Å²) in [5, 5.41) is 3.43. The summed E-state index contributed by atoms with van der Waals surface area (Å²) in [6.07, 6.45) is 7.06. The molecule has 1 atom stereocenters. The van der Waals surface area contributed by atoms with Crippen LogP contribution in [0, 0.1) is 0 Å². The first kappa shape index (κ1) is 10.4. The van der Waals surface area contributed by atoms with Gasteiger partial charge in [0.2, 0.25) is 0 Å². The molecular weight excluding hydrogens is 172 g/mol. The molecule has 0 radical (unpaired) electrons. The fourth-order valence-corrected chi connectivity index (χ4v) is 3.32. The number of nitrogens with zero attached hydrogens (tertiary/aromatic N) is 1. The van der Waals surface area contributed by atoms with Gasteiger partial charge in [-0.3, -0.25) is 4.90 Å². The topological polar surface area (TPSA) is 15.3 Å². The quantitative estimate of drug-likeness (QED) is 0.726. The summed E-state index contributed by atoms with van der Waals surface area (Å²) in [6, 6.07) is 1.59. The molecule has 0 amide bonds. The first-order chi connectivity index (χ1) is 6.63. The maximum atomic E-state index is 3.43. The molecule has 1 unspecified atom stereocenters. The monoisotopic (exact) mass is 196 g/mol. The molecule has 2 rings (SSSR count). The molecule has 2 aliphatic rings. The van der Waals surface area contributed by atoms with E-state index >= 15 is 0 Å². The van der Waals surface area contributed by atoms with Crippen molar-refractivity contribution in [3.8, 4) is 0 Å². The summed E-state index contributed by atoms with van der Waals surface area (Å²) in [5.41, 5.74) is 0.419. The van der Waals surface area contributed by atoms with E-state index in [4.69, 9.17) is 0 Å². The second kappa shape index (κ2) is 3.82. The molecule has 1 saturated heterocycles. The van der Waals surface area contributed by atoms with Crippen molar-refractivity contribution in [2.75, 3.05) is 13.6 Å². The summed E-state index contributed by atoms with van der Waals surface area (Å²) >= 11 is 0. The third kappa shape index (κ3) is 1.82. The van der Waals surface area contributed by atoms with E-state index in [9.17, 15) is 0 Å². The summed E-state index contributed by atoms with van der Waals surface area (Å²) in [5.74, 6) is 0. The molecule has 1 aliphatic carbocycles. The molecule has 1 heterocycles. The first-order valence-corrected chi connectivity index (χ1v) is 6.07. The number of hydrogen-bond donors (Lipinski definition) is 1. The average Bonchev–Trinajstić information content (AvgIpc) is 2.70. The molecule has 2 fully saturated rings. The molecule has 1 saturated carbocycles. The van der Waals surface area contributed by atoms with Crippen molar-refractivity contribution in [3.05, 3.63) is 0 Å². The minimum Gasteiger partial charge on any atom is -0.316 e. The highest BCUT2D eigenvalue weighted by molar-refractivity contribution is 4.99. The average molecular weight is 196 g/mol. The Bertz CT molecular complexity index is 194. The Morgan fingerprint density at radius 3 is 2.36 bits per heavy atom. The van der Waals surface area contributed by atoms with Crippen LogP contribution in [0.5, 0.6) is 0 Å². The largest absolute Gasteiger partial charge is 0.316 e. The fraction of sp³-hybridized carbons (Fsp3) is 1.00. The molecule has 0 aromatic carbocycles. The van der Waals surface area contributed by atoms with Crippen LogP contribution in [0.4, 0.5) is 0 Å². The van der Waals surface area contributed by atoms with Gasteiger partial charge in [-0.05, 0) is 40.2 Å².